The van der Waals surface area contributed by atoms with Crippen LogP contribution in [-0.4, -0.2) is 34.2 Å². The molecule has 2 aromatic rings. The summed E-state index contributed by atoms with van der Waals surface area (Å²) in [5.74, 6) is 0.383. The Balaban J connectivity index is 1.54. The lowest BCUT2D eigenvalue weighted by molar-refractivity contribution is -0.0122. The van der Waals surface area contributed by atoms with Gasteiger partial charge >= 0.3 is 0 Å². The fourth-order valence-electron chi connectivity index (χ4n) is 3.07. The maximum Gasteiger partial charge on any atom is 0.120 e. The molecule has 122 valence electrons. The molecule has 0 aliphatic carbocycles. The molecule has 4 heteroatoms. The molecule has 2 heterocycles. The van der Waals surface area contributed by atoms with Crippen LogP contribution in [0.3, 0.4) is 0 Å². The van der Waals surface area contributed by atoms with E-state index in [1.165, 1.54) is 5.56 Å². The predicted octanol–water partition coefficient (Wildman–Crippen LogP) is 3.28. The highest BCUT2D eigenvalue weighted by Crippen LogP contribution is 2.23. The molecule has 1 aliphatic rings. The average Bonchev–Trinajstić information content (AvgIpc) is 2.58. The third-order valence-corrected chi connectivity index (χ3v) is 4.30. The lowest BCUT2D eigenvalue weighted by atomic mass is 10.1. The smallest absolute Gasteiger partial charge is 0.120 e. The van der Waals surface area contributed by atoms with Crippen LogP contribution >= 0.6 is 0 Å². The zero-order valence-corrected chi connectivity index (χ0v) is 13.6. The second kappa shape index (κ2) is 7.57. The van der Waals surface area contributed by atoms with Crippen molar-refractivity contribution in [2.24, 2.45) is 0 Å². The van der Waals surface area contributed by atoms with Crippen LogP contribution in [0.2, 0.25) is 0 Å². The van der Waals surface area contributed by atoms with Gasteiger partial charge in [-0.15, -0.1) is 0 Å². The summed E-state index contributed by atoms with van der Waals surface area (Å²) in [6.07, 6.45) is 6.10. The molecule has 1 aromatic heterocycles. The second-order valence-corrected chi connectivity index (χ2v) is 6.30. The van der Waals surface area contributed by atoms with Gasteiger partial charge in [-0.25, -0.2) is 0 Å². The topological polar surface area (TPSA) is 45.6 Å². The van der Waals surface area contributed by atoms with Gasteiger partial charge < -0.3 is 9.84 Å². The van der Waals surface area contributed by atoms with Gasteiger partial charge in [0, 0.05) is 31.0 Å². The molecule has 1 aliphatic heterocycles. The number of ether oxygens (including phenoxy) is 1. The number of pyridine rings is 1. The summed E-state index contributed by atoms with van der Waals surface area (Å²) in [6, 6.07) is 9.76. The number of benzene rings is 1. The molecule has 3 rings (SSSR count). The van der Waals surface area contributed by atoms with Crippen molar-refractivity contribution in [2.45, 2.75) is 39.0 Å². The van der Waals surface area contributed by atoms with Crippen LogP contribution in [0.25, 0.3) is 0 Å². The molecule has 23 heavy (non-hydrogen) atoms. The summed E-state index contributed by atoms with van der Waals surface area (Å²) in [5.41, 5.74) is 3.29. The highest BCUT2D eigenvalue weighted by molar-refractivity contribution is 5.35. The largest absolute Gasteiger partial charge is 0.508 e. The number of piperidine rings is 1. The SMILES string of the molecule is Cc1ccc(O)c(CN2CCCC(OCc3cccnc3)C2)c1. The maximum atomic E-state index is 10.0. The average molecular weight is 312 g/mol. The normalized spacial score (nSPS) is 18.9. The first-order valence-electron chi connectivity index (χ1n) is 8.22. The van der Waals surface area contributed by atoms with Crippen molar-refractivity contribution in [3.8, 4) is 5.75 Å². The molecular formula is C19H24N2O2. The zero-order valence-electron chi connectivity index (χ0n) is 13.6. The molecule has 1 unspecified atom stereocenters. The standard InChI is InChI=1S/C19H24N2O2/c1-15-6-7-19(22)17(10-15)12-21-9-3-5-18(13-21)23-14-16-4-2-8-20-11-16/h2,4,6-8,10-11,18,22H,3,5,9,12-14H2,1H3. The van der Waals surface area contributed by atoms with Crippen molar-refractivity contribution in [1.29, 1.82) is 0 Å². The summed E-state index contributed by atoms with van der Waals surface area (Å²) in [7, 11) is 0. The van der Waals surface area contributed by atoms with E-state index in [0.29, 0.717) is 12.4 Å². The Morgan fingerprint density at radius 3 is 3.09 bits per heavy atom. The molecule has 0 spiro atoms. The highest BCUT2D eigenvalue weighted by atomic mass is 16.5. The van der Waals surface area contributed by atoms with Crippen LogP contribution in [0.5, 0.6) is 5.75 Å². The number of nitrogens with zero attached hydrogens (tertiary/aromatic N) is 2. The van der Waals surface area contributed by atoms with Crippen LogP contribution in [0.1, 0.15) is 29.5 Å². The van der Waals surface area contributed by atoms with Crippen molar-refractivity contribution >= 4 is 0 Å². The number of phenols is 1. The first-order valence-corrected chi connectivity index (χ1v) is 8.22. The van der Waals surface area contributed by atoms with Gasteiger partial charge in [-0.05, 0) is 44.0 Å². The minimum atomic E-state index is 0.246. The van der Waals surface area contributed by atoms with E-state index >= 15 is 0 Å². The summed E-state index contributed by atoms with van der Waals surface area (Å²) in [6.45, 7) is 5.41. The number of rotatable bonds is 5. The van der Waals surface area contributed by atoms with Gasteiger partial charge in [0.2, 0.25) is 0 Å². The fraction of sp³-hybridized carbons (Fsp3) is 0.421. The van der Waals surface area contributed by atoms with E-state index < -0.39 is 0 Å². The number of phenolic OH excluding ortho intramolecular Hbond substituents is 1. The van der Waals surface area contributed by atoms with Gasteiger partial charge in [0.05, 0.1) is 12.7 Å². The number of hydrogen-bond acceptors (Lipinski definition) is 4. The summed E-state index contributed by atoms with van der Waals surface area (Å²) >= 11 is 0. The number of hydrogen-bond donors (Lipinski definition) is 1. The Kier molecular flexibility index (Phi) is 5.26. The summed E-state index contributed by atoms with van der Waals surface area (Å²) in [5, 5.41) is 10.0. The molecular weight excluding hydrogens is 288 g/mol. The first-order chi connectivity index (χ1) is 11.2. The molecule has 0 amide bonds. The van der Waals surface area contributed by atoms with E-state index in [4.69, 9.17) is 4.74 Å². The minimum Gasteiger partial charge on any atom is -0.508 e. The Morgan fingerprint density at radius 2 is 2.26 bits per heavy atom. The molecule has 1 saturated heterocycles. The van der Waals surface area contributed by atoms with Crippen LogP contribution in [0.4, 0.5) is 0 Å². The Hall–Kier alpha value is -1.91. The fourth-order valence-corrected chi connectivity index (χ4v) is 3.07. The van der Waals surface area contributed by atoms with Gasteiger partial charge in [-0.2, -0.15) is 0 Å². The Bertz CT molecular complexity index is 631. The Morgan fingerprint density at radius 1 is 1.35 bits per heavy atom. The summed E-state index contributed by atoms with van der Waals surface area (Å²) in [4.78, 5) is 6.49. The Labute approximate surface area is 137 Å². The van der Waals surface area contributed by atoms with Gasteiger partial charge in [0.1, 0.15) is 5.75 Å². The number of aromatic nitrogens is 1. The second-order valence-electron chi connectivity index (χ2n) is 6.30. The summed E-state index contributed by atoms with van der Waals surface area (Å²) < 4.78 is 6.05. The van der Waals surface area contributed by atoms with Gasteiger partial charge in [0.25, 0.3) is 0 Å². The number of aromatic hydroxyl groups is 1. The highest BCUT2D eigenvalue weighted by Gasteiger charge is 2.21. The van der Waals surface area contributed by atoms with Crippen LogP contribution < -0.4 is 0 Å². The molecule has 0 saturated carbocycles. The lowest BCUT2D eigenvalue weighted by Gasteiger charge is -2.32. The third-order valence-electron chi connectivity index (χ3n) is 4.30. The predicted molar refractivity (Wildman–Crippen MR) is 90.2 cm³/mol. The molecule has 1 atom stereocenters. The first kappa shape index (κ1) is 16.0. The zero-order chi connectivity index (χ0) is 16.1. The van der Waals surface area contributed by atoms with Gasteiger partial charge in [-0.3, -0.25) is 9.88 Å². The molecule has 0 bridgehead atoms. The molecule has 1 fully saturated rings. The molecule has 4 nitrogen and oxygen atoms in total. The minimum absolute atomic E-state index is 0.246. The van der Waals surface area contributed by atoms with Gasteiger partial charge in [-0.1, -0.05) is 23.8 Å². The van der Waals surface area contributed by atoms with Gasteiger partial charge in [0.15, 0.2) is 0 Å². The number of aryl methyl sites for hydroxylation is 1. The molecule has 1 N–H and O–H groups in total. The van der Waals surface area contributed by atoms with Crippen LogP contribution in [0.15, 0.2) is 42.7 Å². The van der Waals surface area contributed by atoms with Crippen molar-refractivity contribution in [3.63, 3.8) is 0 Å². The van der Waals surface area contributed by atoms with E-state index in [2.05, 4.69) is 22.9 Å². The lowest BCUT2D eigenvalue weighted by Crippen LogP contribution is -2.39. The van der Waals surface area contributed by atoms with Crippen molar-refractivity contribution in [3.05, 3.63) is 59.4 Å². The molecule has 0 radical (unpaired) electrons. The molecule has 1 aromatic carbocycles. The monoisotopic (exact) mass is 312 g/mol. The van der Waals surface area contributed by atoms with Crippen LogP contribution in [-0.2, 0) is 17.9 Å². The van der Waals surface area contributed by atoms with Crippen molar-refractivity contribution < 1.29 is 9.84 Å². The number of likely N-dealkylation sites (tertiary alicyclic amines) is 1. The van der Waals surface area contributed by atoms with E-state index in [0.717, 1.165) is 43.6 Å². The van der Waals surface area contributed by atoms with E-state index in [9.17, 15) is 5.11 Å². The maximum absolute atomic E-state index is 10.0. The van der Waals surface area contributed by atoms with E-state index in [1.807, 2.05) is 24.4 Å². The van der Waals surface area contributed by atoms with Crippen LogP contribution in [0, 0.1) is 6.92 Å². The van der Waals surface area contributed by atoms with Crippen molar-refractivity contribution in [1.82, 2.24) is 9.88 Å². The third kappa shape index (κ3) is 4.53. The van der Waals surface area contributed by atoms with E-state index in [-0.39, 0.29) is 6.10 Å². The quantitative estimate of drug-likeness (QED) is 0.920. The van der Waals surface area contributed by atoms with E-state index in [1.54, 1.807) is 12.3 Å². The van der Waals surface area contributed by atoms with Crippen molar-refractivity contribution in [2.75, 3.05) is 13.1 Å².